The van der Waals surface area contributed by atoms with Crippen LogP contribution >= 0.6 is 11.6 Å². The van der Waals surface area contributed by atoms with Crippen molar-refractivity contribution in [3.05, 3.63) is 94.7 Å². The highest BCUT2D eigenvalue weighted by atomic mass is 35.5. The molecule has 0 spiro atoms. The summed E-state index contributed by atoms with van der Waals surface area (Å²) in [7, 11) is 0. The molecule has 0 radical (unpaired) electrons. The predicted octanol–water partition coefficient (Wildman–Crippen LogP) is 8.06. The van der Waals surface area contributed by atoms with Crippen molar-refractivity contribution in [1.29, 1.82) is 0 Å². The highest BCUT2D eigenvalue weighted by molar-refractivity contribution is 6.30. The number of benzene rings is 3. The van der Waals surface area contributed by atoms with Crippen molar-refractivity contribution in [1.82, 2.24) is 0 Å². The molecule has 4 heteroatoms. The van der Waals surface area contributed by atoms with Crippen LogP contribution in [0.1, 0.15) is 44.1 Å². The quantitative estimate of drug-likeness (QED) is 0.333. The summed E-state index contributed by atoms with van der Waals surface area (Å²) in [4.78, 5) is 13.5. The second kappa shape index (κ2) is 7.36. The van der Waals surface area contributed by atoms with Gasteiger partial charge in [-0.1, -0.05) is 55.8 Å². The van der Waals surface area contributed by atoms with Crippen molar-refractivity contribution in [3.8, 4) is 11.3 Å². The number of Topliss-reactive ketones (excluding diaryl/α,β-unsaturated/α-hetero) is 1. The van der Waals surface area contributed by atoms with E-state index in [1.807, 2.05) is 36.4 Å². The van der Waals surface area contributed by atoms with Crippen LogP contribution in [0.3, 0.4) is 0 Å². The van der Waals surface area contributed by atoms with Gasteiger partial charge in [-0.3, -0.25) is 4.79 Å². The van der Waals surface area contributed by atoms with Gasteiger partial charge < -0.3 is 9.73 Å². The Morgan fingerprint density at radius 3 is 2.55 bits per heavy atom. The molecule has 0 fully saturated rings. The highest BCUT2D eigenvalue weighted by Gasteiger charge is 2.41. The van der Waals surface area contributed by atoms with Crippen LogP contribution in [0, 0.1) is 5.41 Å². The van der Waals surface area contributed by atoms with Crippen LogP contribution in [0.4, 0.5) is 5.69 Å². The first-order valence-corrected chi connectivity index (χ1v) is 11.7. The van der Waals surface area contributed by atoms with Crippen LogP contribution in [0.15, 0.2) is 82.8 Å². The molecule has 2 aliphatic rings. The van der Waals surface area contributed by atoms with Gasteiger partial charge in [0, 0.05) is 33.8 Å². The molecule has 3 nitrogen and oxygen atoms in total. The lowest BCUT2D eigenvalue weighted by molar-refractivity contribution is -0.118. The van der Waals surface area contributed by atoms with Crippen LogP contribution in [0.2, 0.25) is 5.02 Å². The molecule has 164 valence electrons. The van der Waals surface area contributed by atoms with Crippen LogP contribution < -0.4 is 5.32 Å². The van der Waals surface area contributed by atoms with Gasteiger partial charge in [0.05, 0.1) is 0 Å². The number of ketones is 1. The smallest absolute Gasteiger partial charge is 0.162 e. The Bertz CT molecular complexity index is 1440. The molecule has 0 saturated carbocycles. The van der Waals surface area contributed by atoms with E-state index in [1.54, 1.807) is 0 Å². The van der Waals surface area contributed by atoms with E-state index in [4.69, 9.17) is 16.0 Å². The molecule has 0 bridgehead atoms. The van der Waals surface area contributed by atoms with Crippen LogP contribution in [0.5, 0.6) is 0 Å². The molecule has 1 aliphatic carbocycles. The van der Waals surface area contributed by atoms with Gasteiger partial charge in [0.1, 0.15) is 17.6 Å². The molecule has 1 N–H and O–H groups in total. The number of fused-ring (bicyclic) bond motifs is 4. The molecule has 4 aromatic rings. The fourth-order valence-electron chi connectivity index (χ4n) is 5.33. The summed E-state index contributed by atoms with van der Waals surface area (Å²) in [6, 6.07) is 23.9. The van der Waals surface area contributed by atoms with Gasteiger partial charge in [-0.25, -0.2) is 0 Å². The number of allylic oxidation sites excluding steroid dienone is 1. The number of hydrogen-bond donors (Lipinski definition) is 1. The van der Waals surface area contributed by atoms with E-state index in [0.717, 1.165) is 45.9 Å². The third-order valence-electron chi connectivity index (χ3n) is 6.78. The van der Waals surface area contributed by atoms with Gasteiger partial charge in [0.2, 0.25) is 0 Å². The van der Waals surface area contributed by atoms with Gasteiger partial charge in [-0.05, 0) is 70.6 Å². The van der Waals surface area contributed by atoms with Gasteiger partial charge >= 0.3 is 0 Å². The van der Waals surface area contributed by atoms with Gasteiger partial charge in [0.25, 0.3) is 0 Å². The fourth-order valence-corrected chi connectivity index (χ4v) is 5.45. The van der Waals surface area contributed by atoms with Crippen molar-refractivity contribution in [2.45, 2.75) is 32.7 Å². The Balaban J connectivity index is 1.53. The summed E-state index contributed by atoms with van der Waals surface area (Å²) in [5.41, 5.74) is 5.07. The molecule has 6 rings (SSSR count). The predicted molar refractivity (Wildman–Crippen MR) is 134 cm³/mol. The number of carbonyl (C=O) groups is 1. The van der Waals surface area contributed by atoms with E-state index in [-0.39, 0.29) is 17.2 Å². The zero-order chi connectivity index (χ0) is 22.7. The lowest BCUT2D eigenvalue weighted by Crippen LogP contribution is -2.33. The third kappa shape index (κ3) is 3.39. The van der Waals surface area contributed by atoms with Crippen molar-refractivity contribution in [2.75, 3.05) is 5.32 Å². The lowest BCUT2D eigenvalue weighted by Gasteiger charge is -2.39. The number of furan rings is 1. The number of halogens is 1. The Morgan fingerprint density at radius 2 is 1.73 bits per heavy atom. The van der Waals surface area contributed by atoms with E-state index < -0.39 is 0 Å². The zero-order valence-electron chi connectivity index (χ0n) is 18.6. The largest absolute Gasteiger partial charge is 0.459 e. The molecule has 1 atom stereocenters. The van der Waals surface area contributed by atoms with Crippen LogP contribution in [-0.2, 0) is 4.79 Å². The number of hydrogen-bond acceptors (Lipinski definition) is 3. The summed E-state index contributed by atoms with van der Waals surface area (Å²) in [5, 5.41) is 6.69. The molecule has 0 amide bonds. The average Bonchev–Trinajstić information content (AvgIpc) is 3.28. The maximum Gasteiger partial charge on any atom is 0.162 e. The summed E-state index contributed by atoms with van der Waals surface area (Å²) in [6.45, 7) is 4.37. The number of anilines is 1. The molecule has 1 aromatic heterocycles. The highest BCUT2D eigenvalue weighted by Crippen LogP contribution is 2.52. The van der Waals surface area contributed by atoms with Crippen LogP contribution in [-0.4, -0.2) is 5.78 Å². The molecule has 1 aliphatic heterocycles. The molecular formula is C29H24ClNO2. The molecular weight excluding hydrogens is 430 g/mol. The van der Waals surface area contributed by atoms with Gasteiger partial charge in [-0.15, -0.1) is 0 Å². The van der Waals surface area contributed by atoms with Crippen molar-refractivity contribution >= 4 is 39.4 Å². The minimum absolute atomic E-state index is 0.0797. The Labute approximate surface area is 198 Å². The fraction of sp³-hybridized carbons (Fsp3) is 0.207. The lowest BCUT2D eigenvalue weighted by atomic mass is 9.68. The maximum atomic E-state index is 13.5. The van der Waals surface area contributed by atoms with E-state index in [2.05, 4.69) is 55.6 Å². The third-order valence-corrected chi connectivity index (χ3v) is 7.03. The molecule has 1 unspecified atom stereocenters. The van der Waals surface area contributed by atoms with E-state index in [9.17, 15) is 4.79 Å². The molecule has 33 heavy (non-hydrogen) atoms. The van der Waals surface area contributed by atoms with Crippen molar-refractivity contribution in [3.63, 3.8) is 0 Å². The average molecular weight is 454 g/mol. The van der Waals surface area contributed by atoms with Crippen LogP contribution in [0.25, 0.3) is 27.7 Å². The van der Waals surface area contributed by atoms with E-state index in [0.29, 0.717) is 11.4 Å². The summed E-state index contributed by atoms with van der Waals surface area (Å²) < 4.78 is 6.31. The monoisotopic (exact) mass is 453 g/mol. The normalized spacial score (nSPS) is 19.2. The molecule has 0 saturated heterocycles. The van der Waals surface area contributed by atoms with E-state index in [1.165, 1.54) is 10.8 Å². The first kappa shape index (κ1) is 20.3. The second-order valence-electron chi connectivity index (χ2n) is 9.83. The van der Waals surface area contributed by atoms with Crippen molar-refractivity contribution < 1.29 is 9.21 Å². The number of carbonyl (C=O) groups excluding carboxylic acids is 1. The first-order valence-electron chi connectivity index (χ1n) is 11.3. The Hall–Kier alpha value is -3.30. The summed E-state index contributed by atoms with van der Waals surface area (Å²) >= 11 is 6.05. The minimum atomic E-state index is -0.307. The molecule has 2 heterocycles. The van der Waals surface area contributed by atoms with Gasteiger partial charge in [-0.2, -0.15) is 0 Å². The van der Waals surface area contributed by atoms with Crippen molar-refractivity contribution in [2.24, 2.45) is 5.41 Å². The van der Waals surface area contributed by atoms with E-state index >= 15 is 0 Å². The summed E-state index contributed by atoms with van der Waals surface area (Å²) in [5.74, 6) is 1.71. The maximum absolute atomic E-state index is 13.5. The number of nitrogens with one attached hydrogen (secondary N) is 1. The second-order valence-corrected chi connectivity index (χ2v) is 10.3. The van der Waals surface area contributed by atoms with Gasteiger partial charge in [0.15, 0.2) is 5.78 Å². The summed E-state index contributed by atoms with van der Waals surface area (Å²) in [6.07, 6.45) is 1.40. The first-order chi connectivity index (χ1) is 15.9. The zero-order valence-corrected chi connectivity index (χ0v) is 19.4. The minimum Gasteiger partial charge on any atom is -0.459 e. The topological polar surface area (TPSA) is 42.2 Å². The SMILES string of the molecule is CC1(C)CC(=O)C2=C(C1)c1c(ccc3ccccc13)NC2c1ccc(-c2ccc(Cl)cc2)o1. The Morgan fingerprint density at radius 1 is 0.939 bits per heavy atom. The number of rotatable bonds is 2. The standard InChI is InChI=1S/C29H24ClNO2/c1-29(2)15-21-26-20-6-4-3-5-17(20)9-12-22(26)31-28(27(21)23(32)16-29)25-14-13-24(33-25)18-7-10-19(30)11-8-18/h3-14,28,31H,15-16H2,1-2H3. The Kier molecular flexibility index (Phi) is 4.53. The molecule has 3 aromatic carbocycles.